The molecule has 2 heteroatoms. The molecule has 0 spiro atoms. The van der Waals surface area contributed by atoms with Crippen LogP contribution in [-0.4, -0.2) is 12.5 Å². The summed E-state index contributed by atoms with van der Waals surface area (Å²) in [4.78, 5) is 10.7. The monoisotopic (exact) mass is 136 g/mol. The fourth-order valence-corrected chi connectivity index (χ4v) is 0.450. The molecule has 0 atom stereocenters. The highest BCUT2D eigenvalue weighted by atomic mass is 16.1. The Hall–Kier alpha value is -1.23. The summed E-state index contributed by atoms with van der Waals surface area (Å²) in [6.45, 7) is 3.94. The smallest absolute Gasteiger partial charge is 0.221 e. The number of carbonyl (C=O) groups is 1. The van der Waals surface area contributed by atoms with E-state index in [1.54, 1.807) is 6.08 Å². The van der Waals surface area contributed by atoms with Crippen molar-refractivity contribution in [2.24, 2.45) is 0 Å². The Morgan fingerprint density at radius 2 is 2.50 bits per heavy atom. The van der Waals surface area contributed by atoms with Gasteiger partial charge in [-0.25, -0.2) is 0 Å². The molecule has 53 valence electrons. The molecule has 0 aromatic rings. The van der Waals surface area contributed by atoms with Gasteiger partial charge in [0.1, 0.15) is 0 Å². The van der Waals surface area contributed by atoms with E-state index in [0.717, 1.165) is 0 Å². The molecule has 0 unspecified atom stereocenters. The lowest BCUT2D eigenvalue weighted by molar-refractivity contribution is -0.120. The van der Waals surface area contributed by atoms with Gasteiger partial charge in [0.05, 0.1) is 0 Å². The molecule has 1 radical (unpaired) electrons. The first kappa shape index (κ1) is 8.77. The molecule has 0 rings (SSSR count). The van der Waals surface area contributed by atoms with Gasteiger partial charge in [-0.3, -0.25) is 4.79 Å². The lowest BCUT2D eigenvalue weighted by Gasteiger charge is -1.97. The zero-order chi connectivity index (χ0) is 7.82. The molecule has 0 saturated carbocycles. The predicted molar refractivity (Wildman–Crippen MR) is 39.6 cm³/mol. The number of hydrogen-bond acceptors (Lipinski definition) is 1. The number of rotatable bonds is 4. The van der Waals surface area contributed by atoms with Crippen LogP contribution >= 0.6 is 0 Å². The summed E-state index contributed by atoms with van der Waals surface area (Å²) in [5.41, 5.74) is 0. The van der Waals surface area contributed by atoms with Crippen molar-refractivity contribution in [3.8, 4) is 5.92 Å². The normalized spacial score (nSPS) is 7.90. The van der Waals surface area contributed by atoms with E-state index < -0.39 is 0 Å². The van der Waals surface area contributed by atoms with Crippen LogP contribution in [0.5, 0.6) is 0 Å². The summed E-state index contributed by atoms with van der Waals surface area (Å²) < 4.78 is 0. The van der Waals surface area contributed by atoms with Crippen LogP contribution in [0.15, 0.2) is 12.7 Å². The third-order valence-electron chi connectivity index (χ3n) is 0.921. The SMILES string of the molecule is [C]#CCCC(=O)NCC=C. The summed E-state index contributed by atoms with van der Waals surface area (Å²) in [5.74, 6) is 2.08. The minimum atomic E-state index is -0.0559. The van der Waals surface area contributed by atoms with Crippen LogP contribution in [0, 0.1) is 12.3 Å². The van der Waals surface area contributed by atoms with E-state index in [-0.39, 0.29) is 5.91 Å². The van der Waals surface area contributed by atoms with E-state index in [1.165, 1.54) is 0 Å². The van der Waals surface area contributed by atoms with Gasteiger partial charge in [0.15, 0.2) is 0 Å². The topological polar surface area (TPSA) is 29.1 Å². The van der Waals surface area contributed by atoms with Gasteiger partial charge in [-0.15, -0.1) is 6.58 Å². The maximum Gasteiger partial charge on any atom is 0.221 e. The molecular weight excluding hydrogens is 126 g/mol. The van der Waals surface area contributed by atoms with Crippen molar-refractivity contribution in [1.82, 2.24) is 5.32 Å². The molecule has 0 fully saturated rings. The van der Waals surface area contributed by atoms with Crippen molar-refractivity contribution in [2.45, 2.75) is 12.8 Å². The van der Waals surface area contributed by atoms with E-state index in [4.69, 9.17) is 6.42 Å². The molecule has 0 aromatic heterocycles. The molecule has 1 N–H and O–H groups in total. The van der Waals surface area contributed by atoms with Crippen molar-refractivity contribution in [2.75, 3.05) is 6.54 Å². The second-order valence-electron chi connectivity index (χ2n) is 1.77. The van der Waals surface area contributed by atoms with Crippen molar-refractivity contribution < 1.29 is 4.79 Å². The maximum atomic E-state index is 10.7. The Bertz CT molecular complexity index is 155. The van der Waals surface area contributed by atoms with Gasteiger partial charge < -0.3 is 5.32 Å². The molecule has 0 aromatic carbocycles. The number of hydrogen-bond donors (Lipinski definition) is 1. The second-order valence-corrected chi connectivity index (χ2v) is 1.77. The zero-order valence-corrected chi connectivity index (χ0v) is 5.81. The van der Waals surface area contributed by atoms with Crippen molar-refractivity contribution in [3.63, 3.8) is 0 Å². The van der Waals surface area contributed by atoms with Gasteiger partial charge >= 0.3 is 0 Å². The molecule has 0 aliphatic carbocycles. The average Bonchev–Trinajstić information content (AvgIpc) is 1.97. The summed E-state index contributed by atoms with van der Waals surface area (Å²) in [5, 5.41) is 2.59. The maximum absolute atomic E-state index is 10.7. The van der Waals surface area contributed by atoms with E-state index in [9.17, 15) is 4.79 Å². The van der Waals surface area contributed by atoms with Crippen LogP contribution in [0.3, 0.4) is 0 Å². The Morgan fingerprint density at radius 3 is 3.00 bits per heavy atom. The van der Waals surface area contributed by atoms with Crippen LogP contribution < -0.4 is 5.32 Å². The Balaban J connectivity index is 3.27. The zero-order valence-electron chi connectivity index (χ0n) is 5.81. The average molecular weight is 136 g/mol. The van der Waals surface area contributed by atoms with Crippen LogP contribution in [0.25, 0.3) is 0 Å². The van der Waals surface area contributed by atoms with Crippen molar-refractivity contribution in [3.05, 3.63) is 19.1 Å². The van der Waals surface area contributed by atoms with E-state index in [2.05, 4.69) is 17.8 Å². The van der Waals surface area contributed by atoms with Gasteiger partial charge in [0.25, 0.3) is 0 Å². The Labute approximate surface area is 61.3 Å². The number of amides is 1. The third kappa shape index (κ3) is 4.92. The van der Waals surface area contributed by atoms with Crippen LogP contribution in [0.2, 0.25) is 0 Å². The van der Waals surface area contributed by atoms with Crippen LogP contribution in [0.4, 0.5) is 0 Å². The first-order valence-corrected chi connectivity index (χ1v) is 3.08. The fraction of sp³-hybridized carbons (Fsp3) is 0.375. The predicted octanol–water partition coefficient (Wildman–Crippen LogP) is 0.659. The van der Waals surface area contributed by atoms with Crippen LogP contribution in [0.1, 0.15) is 12.8 Å². The minimum Gasteiger partial charge on any atom is -0.353 e. The van der Waals surface area contributed by atoms with Crippen molar-refractivity contribution >= 4 is 5.91 Å². The second kappa shape index (κ2) is 5.90. The molecule has 0 heterocycles. The fourth-order valence-electron chi connectivity index (χ4n) is 0.450. The number of nitrogens with one attached hydrogen (secondary N) is 1. The largest absolute Gasteiger partial charge is 0.353 e. The Kier molecular flexibility index (Phi) is 5.17. The molecule has 0 saturated heterocycles. The summed E-state index contributed by atoms with van der Waals surface area (Å²) >= 11 is 0. The van der Waals surface area contributed by atoms with Crippen LogP contribution in [-0.2, 0) is 4.79 Å². The third-order valence-corrected chi connectivity index (χ3v) is 0.921. The van der Waals surface area contributed by atoms with E-state index in [1.807, 2.05) is 0 Å². The molecule has 0 aliphatic heterocycles. The van der Waals surface area contributed by atoms with Gasteiger partial charge in [-0.05, 0) is 6.42 Å². The lowest BCUT2D eigenvalue weighted by Crippen LogP contribution is -2.22. The van der Waals surface area contributed by atoms with Gasteiger partial charge in [0.2, 0.25) is 5.91 Å². The van der Waals surface area contributed by atoms with Crippen molar-refractivity contribution in [1.29, 1.82) is 0 Å². The quantitative estimate of drug-likeness (QED) is 0.446. The lowest BCUT2D eigenvalue weighted by atomic mass is 10.3. The van der Waals surface area contributed by atoms with Gasteiger partial charge in [-0.1, -0.05) is 12.0 Å². The van der Waals surface area contributed by atoms with Gasteiger partial charge in [-0.2, -0.15) is 0 Å². The van der Waals surface area contributed by atoms with E-state index in [0.29, 0.717) is 19.4 Å². The highest BCUT2D eigenvalue weighted by Gasteiger charge is 1.94. The highest BCUT2D eigenvalue weighted by molar-refractivity contribution is 5.76. The number of carbonyl (C=O) groups excluding carboxylic acids is 1. The first-order valence-electron chi connectivity index (χ1n) is 3.08. The molecular formula is C8H10NO. The Morgan fingerprint density at radius 1 is 1.80 bits per heavy atom. The van der Waals surface area contributed by atoms with Gasteiger partial charge in [0, 0.05) is 19.4 Å². The standard InChI is InChI=1S/C8H10NO/c1-3-5-6-8(10)9-7-4-2/h4H,2,5-7H2,(H,9,10). The molecule has 2 nitrogen and oxygen atoms in total. The molecule has 0 aliphatic rings. The summed E-state index contributed by atoms with van der Waals surface area (Å²) in [7, 11) is 0. The molecule has 10 heavy (non-hydrogen) atoms. The first-order chi connectivity index (χ1) is 4.81. The minimum absolute atomic E-state index is 0.0559. The summed E-state index contributed by atoms with van der Waals surface area (Å²) in [6, 6.07) is 0. The summed E-state index contributed by atoms with van der Waals surface area (Å²) in [6.07, 6.45) is 8.88. The molecule has 1 amide bonds. The molecule has 0 bridgehead atoms. The highest BCUT2D eigenvalue weighted by Crippen LogP contribution is 1.84. The van der Waals surface area contributed by atoms with E-state index >= 15 is 0 Å².